The Morgan fingerprint density at radius 2 is 1.89 bits per heavy atom. The molecule has 18 heavy (non-hydrogen) atoms. The molecule has 1 aromatic rings. The van der Waals surface area contributed by atoms with Crippen molar-refractivity contribution in [1.29, 1.82) is 0 Å². The SMILES string of the molecule is CC(NC1(C(F)(F)F)CC1)c1ccc(O)cc1O. The van der Waals surface area contributed by atoms with Crippen LogP contribution in [0.15, 0.2) is 18.2 Å². The summed E-state index contributed by atoms with van der Waals surface area (Å²) in [6.07, 6.45) is -4.17. The molecule has 2 rings (SSSR count). The van der Waals surface area contributed by atoms with E-state index in [9.17, 15) is 18.3 Å². The largest absolute Gasteiger partial charge is 0.508 e. The van der Waals surface area contributed by atoms with Gasteiger partial charge in [0.1, 0.15) is 17.0 Å². The molecule has 3 N–H and O–H groups in total. The second-order valence-electron chi connectivity index (χ2n) is 4.69. The van der Waals surface area contributed by atoms with Crippen LogP contribution in [-0.2, 0) is 0 Å². The molecule has 0 aliphatic heterocycles. The molecule has 1 saturated carbocycles. The molecular formula is C12H14F3NO2. The fourth-order valence-electron chi connectivity index (χ4n) is 2.03. The van der Waals surface area contributed by atoms with Gasteiger partial charge in [-0.25, -0.2) is 0 Å². The maximum absolute atomic E-state index is 12.8. The second kappa shape index (κ2) is 4.05. The predicted molar refractivity (Wildman–Crippen MR) is 59.3 cm³/mol. The Kier molecular flexibility index (Phi) is 2.93. The normalized spacial score (nSPS) is 19.6. The minimum absolute atomic E-state index is 0.0552. The molecular weight excluding hydrogens is 247 g/mol. The van der Waals surface area contributed by atoms with Gasteiger partial charge in [0, 0.05) is 17.7 Å². The highest BCUT2D eigenvalue weighted by atomic mass is 19.4. The van der Waals surface area contributed by atoms with Gasteiger partial charge in [-0.1, -0.05) is 6.07 Å². The molecule has 0 bridgehead atoms. The lowest BCUT2D eigenvalue weighted by Gasteiger charge is -2.25. The summed E-state index contributed by atoms with van der Waals surface area (Å²) in [5, 5.41) is 21.3. The number of benzene rings is 1. The van der Waals surface area contributed by atoms with Crippen LogP contribution in [0.25, 0.3) is 0 Å². The van der Waals surface area contributed by atoms with E-state index in [0.29, 0.717) is 5.56 Å². The third kappa shape index (κ3) is 2.25. The number of hydrogen-bond donors (Lipinski definition) is 3. The van der Waals surface area contributed by atoms with Crippen LogP contribution in [0.3, 0.4) is 0 Å². The lowest BCUT2D eigenvalue weighted by molar-refractivity contribution is -0.167. The Labute approximate surface area is 102 Å². The third-order valence-electron chi connectivity index (χ3n) is 3.27. The molecule has 1 aliphatic carbocycles. The van der Waals surface area contributed by atoms with Gasteiger partial charge in [-0.05, 0) is 25.8 Å². The molecule has 0 spiro atoms. The van der Waals surface area contributed by atoms with Crippen LogP contribution < -0.4 is 5.32 Å². The smallest absolute Gasteiger partial charge is 0.406 e. The molecule has 1 fully saturated rings. The first-order valence-corrected chi connectivity index (χ1v) is 5.61. The van der Waals surface area contributed by atoms with E-state index in [4.69, 9.17) is 5.11 Å². The number of hydrogen-bond acceptors (Lipinski definition) is 3. The van der Waals surface area contributed by atoms with E-state index >= 15 is 0 Å². The summed E-state index contributed by atoms with van der Waals surface area (Å²) in [5.41, 5.74) is -1.49. The molecule has 0 saturated heterocycles. The van der Waals surface area contributed by atoms with E-state index < -0.39 is 17.8 Å². The fraction of sp³-hybridized carbons (Fsp3) is 0.500. The number of nitrogens with one attached hydrogen (secondary N) is 1. The molecule has 6 heteroatoms. The summed E-state index contributed by atoms with van der Waals surface area (Å²) in [6.45, 7) is 1.55. The van der Waals surface area contributed by atoms with Gasteiger partial charge in [0.2, 0.25) is 0 Å². The van der Waals surface area contributed by atoms with Crippen molar-refractivity contribution in [1.82, 2.24) is 5.32 Å². The van der Waals surface area contributed by atoms with Gasteiger partial charge in [0.05, 0.1) is 0 Å². The first kappa shape index (κ1) is 13.0. The van der Waals surface area contributed by atoms with E-state index in [2.05, 4.69) is 5.32 Å². The quantitative estimate of drug-likeness (QED) is 0.784. The summed E-state index contributed by atoms with van der Waals surface area (Å²) in [4.78, 5) is 0. The van der Waals surface area contributed by atoms with Gasteiger partial charge in [-0.15, -0.1) is 0 Å². The van der Waals surface area contributed by atoms with Gasteiger partial charge in [0.15, 0.2) is 0 Å². The van der Waals surface area contributed by atoms with Crippen LogP contribution in [0, 0.1) is 0 Å². The molecule has 100 valence electrons. The van der Waals surface area contributed by atoms with Gasteiger partial charge in [-0.2, -0.15) is 13.2 Å². The van der Waals surface area contributed by atoms with Gasteiger partial charge in [-0.3, -0.25) is 5.32 Å². The van der Waals surface area contributed by atoms with Crippen molar-refractivity contribution >= 4 is 0 Å². The average molecular weight is 261 g/mol. The van der Waals surface area contributed by atoms with Crippen molar-refractivity contribution in [3.05, 3.63) is 23.8 Å². The van der Waals surface area contributed by atoms with E-state index in [-0.39, 0.29) is 24.3 Å². The van der Waals surface area contributed by atoms with Crippen LogP contribution in [-0.4, -0.2) is 21.9 Å². The van der Waals surface area contributed by atoms with Crippen molar-refractivity contribution in [3.8, 4) is 11.5 Å². The van der Waals surface area contributed by atoms with E-state index in [1.54, 1.807) is 6.92 Å². The summed E-state index contributed by atoms with van der Waals surface area (Å²) in [7, 11) is 0. The highest BCUT2D eigenvalue weighted by Gasteiger charge is 2.63. The maximum Gasteiger partial charge on any atom is 0.406 e. The molecule has 1 atom stereocenters. The van der Waals surface area contributed by atoms with Gasteiger partial charge >= 0.3 is 6.18 Å². The van der Waals surface area contributed by atoms with Crippen molar-refractivity contribution in [2.24, 2.45) is 0 Å². The molecule has 1 aromatic carbocycles. The van der Waals surface area contributed by atoms with Crippen LogP contribution in [0.2, 0.25) is 0 Å². The van der Waals surface area contributed by atoms with Gasteiger partial charge < -0.3 is 10.2 Å². The zero-order valence-corrected chi connectivity index (χ0v) is 9.75. The van der Waals surface area contributed by atoms with Crippen LogP contribution in [0.5, 0.6) is 11.5 Å². The lowest BCUT2D eigenvalue weighted by Crippen LogP contribution is -2.45. The minimum Gasteiger partial charge on any atom is -0.508 e. The van der Waals surface area contributed by atoms with Crippen molar-refractivity contribution in [2.45, 2.75) is 37.5 Å². The summed E-state index contributed by atoms with van der Waals surface area (Å²) in [5.74, 6) is -0.339. The van der Waals surface area contributed by atoms with E-state index in [1.165, 1.54) is 12.1 Å². The maximum atomic E-state index is 12.8. The van der Waals surface area contributed by atoms with Gasteiger partial charge in [0.25, 0.3) is 0 Å². The Morgan fingerprint density at radius 1 is 1.28 bits per heavy atom. The topological polar surface area (TPSA) is 52.5 Å². The molecule has 1 unspecified atom stereocenters. The molecule has 1 aliphatic rings. The molecule has 3 nitrogen and oxygen atoms in total. The summed E-state index contributed by atoms with van der Waals surface area (Å²) >= 11 is 0. The monoisotopic (exact) mass is 261 g/mol. The van der Waals surface area contributed by atoms with Crippen molar-refractivity contribution in [2.75, 3.05) is 0 Å². The van der Waals surface area contributed by atoms with Crippen LogP contribution in [0.4, 0.5) is 13.2 Å². The highest BCUT2D eigenvalue weighted by Crippen LogP contribution is 2.50. The first-order valence-electron chi connectivity index (χ1n) is 5.61. The Hall–Kier alpha value is -1.43. The van der Waals surface area contributed by atoms with E-state index in [1.807, 2.05) is 0 Å². The number of rotatable bonds is 3. The number of aromatic hydroxyl groups is 2. The summed E-state index contributed by atoms with van der Waals surface area (Å²) in [6, 6.07) is 3.21. The first-order chi connectivity index (χ1) is 8.25. The third-order valence-corrected chi connectivity index (χ3v) is 3.27. The molecule has 0 aromatic heterocycles. The molecule has 0 amide bonds. The van der Waals surface area contributed by atoms with Crippen molar-refractivity contribution < 1.29 is 23.4 Å². The van der Waals surface area contributed by atoms with Crippen LogP contribution in [0.1, 0.15) is 31.4 Å². The van der Waals surface area contributed by atoms with Crippen molar-refractivity contribution in [3.63, 3.8) is 0 Å². The number of phenolic OH excluding ortho intramolecular Hbond substituents is 2. The predicted octanol–water partition coefficient (Wildman–Crippen LogP) is 2.84. The standard InChI is InChI=1S/C12H14F3NO2/c1-7(9-3-2-8(17)6-10(9)18)16-11(4-5-11)12(13,14)15/h2-3,6-7,16-18H,4-5H2,1H3. The highest BCUT2D eigenvalue weighted by molar-refractivity contribution is 5.40. The number of alkyl halides is 3. The number of halogens is 3. The number of phenols is 2. The minimum atomic E-state index is -4.28. The Balaban J connectivity index is 2.16. The average Bonchev–Trinajstić information content (AvgIpc) is 2.97. The Morgan fingerprint density at radius 3 is 2.33 bits per heavy atom. The fourth-order valence-corrected chi connectivity index (χ4v) is 2.03. The molecule has 0 heterocycles. The molecule has 0 radical (unpaired) electrons. The zero-order chi connectivity index (χ0) is 13.6. The lowest BCUT2D eigenvalue weighted by atomic mass is 10.1. The Bertz CT molecular complexity index is 455. The van der Waals surface area contributed by atoms with Crippen LogP contribution >= 0.6 is 0 Å². The zero-order valence-electron chi connectivity index (χ0n) is 9.75. The second-order valence-corrected chi connectivity index (χ2v) is 4.69. The van der Waals surface area contributed by atoms with E-state index in [0.717, 1.165) is 6.07 Å². The summed E-state index contributed by atoms with van der Waals surface area (Å²) < 4.78 is 38.3.